The fourth-order valence-electron chi connectivity index (χ4n) is 2.45. The summed E-state index contributed by atoms with van der Waals surface area (Å²) in [6.45, 7) is 0.309. The van der Waals surface area contributed by atoms with E-state index in [9.17, 15) is 9.59 Å². The summed E-state index contributed by atoms with van der Waals surface area (Å²) < 4.78 is 5.12. The van der Waals surface area contributed by atoms with Gasteiger partial charge in [0.25, 0.3) is 5.91 Å². The van der Waals surface area contributed by atoms with Gasteiger partial charge in [-0.1, -0.05) is 12.1 Å². The van der Waals surface area contributed by atoms with Gasteiger partial charge in [0.1, 0.15) is 5.69 Å². The first-order chi connectivity index (χ1) is 12.7. The second-order valence-corrected chi connectivity index (χ2v) is 6.67. The molecule has 3 aromatic heterocycles. The van der Waals surface area contributed by atoms with Crippen LogP contribution in [0.2, 0.25) is 0 Å². The van der Waals surface area contributed by atoms with Crippen LogP contribution in [-0.4, -0.2) is 21.7 Å². The highest BCUT2D eigenvalue weighted by molar-refractivity contribution is 7.14. The number of nitrogens with zero attached hydrogens (tertiary/aromatic N) is 2. The summed E-state index contributed by atoms with van der Waals surface area (Å²) in [5.41, 5.74) is 1.66. The Bertz CT molecular complexity index is 1090. The summed E-state index contributed by atoms with van der Waals surface area (Å²) in [4.78, 5) is 34.5. The van der Waals surface area contributed by atoms with Gasteiger partial charge in [-0.05, 0) is 36.4 Å². The topological polar surface area (TPSA) is 85.1 Å². The summed E-state index contributed by atoms with van der Waals surface area (Å²) in [6.07, 6.45) is 2.92. The Morgan fingerprint density at radius 3 is 2.69 bits per heavy atom. The van der Waals surface area contributed by atoms with E-state index < -0.39 is 0 Å². The zero-order valence-electron chi connectivity index (χ0n) is 13.5. The third kappa shape index (κ3) is 3.25. The van der Waals surface area contributed by atoms with Crippen molar-refractivity contribution in [2.75, 3.05) is 0 Å². The number of ketones is 1. The lowest BCUT2D eigenvalue weighted by Crippen LogP contribution is -2.23. The minimum absolute atomic E-state index is 0.169. The zero-order valence-corrected chi connectivity index (χ0v) is 14.3. The average Bonchev–Trinajstić information content (AvgIpc) is 3.37. The van der Waals surface area contributed by atoms with Crippen molar-refractivity contribution < 1.29 is 14.0 Å². The molecular weight excluding hydrogens is 350 g/mol. The van der Waals surface area contributed by atoms with Gasteiger partial charge in [-0.25, -0.2) is 4.98 Å². The van der Waals surface area contributed by atoms with E-state index >= 15 is 0 Å². The SMILES string of the molecule is O=C(NCc1ccc(C(=O)c2ccco2)s1)c1cnc2ccccc2n1. The highest BCUT2D eigenvalue weighted by Gasteiger charge is 2.15. The molecule has 0 aliphatic heterocycles. The number of furan rings is 1. The predicted molar refractivity (Wildman–Crippen MR) is 97.2 cm³/mol. The molecule has 0 fully saturated rings. The number of amides is 1. The number of fused-ring (bicyclic) bond motifs is 1. The smallest absolute Gasteiger partial charge is 0.271 e. The van der Waals surface area contributed by atoms with Crippen molar-refractivity contribution in [2.24, 2.45) is 0 Å². The van der Waals surface area contributed by atoms with Crippen LogP contribution in [0, 0.1) is 0 Å². The molecule has 7 heteroatoms. The maximum atomic E-state index is 12.3. The van der Waals surface area contributed by atoms with Crippen LogP contribution in [0.4, 0.5) is 0 Å². The van der Waals surface area contributed by atoms with Crippen molar-refractivity contribution in [2.45, 2.75) is 6.54 Å². The molecule has 128 valence electrons. The van der Waals surface area contributed by atoms with Gasteiger partial charge >= 0.3 is 0 Å². The lowest BCUT2D eigenvalue weighted by atomic mass is 10.2. The fraction of sp³-hybridized carbons (Fsp3) is 0.0526. The monoisotopic (exact) mass is 363 g/mol. The summed E-state index contributed by atoms with van der Waals surface area (Å²) in [7, 11) is 0. The molecule has 0 radical (unpaired) electrons. The van der Waals surface area contributed by atoms with Gasteiger partial charge in [0.15, 0.2) is 5.76 Å². The molecule has 0 saturated carbocycles. The van der Waals surface area contributed by atoms with Gasteiger partial charge in [0.2, 0.25) is 5.78 Å². The van der Waals surface area contributed by atoms with Gasteiger partial charge in [-0.3, -0.25) is 14.6 Å². The van der Waals surface area contributed by atoms with E-state index in [0.29, 0.717) is 22.7 Å². The first-order valence-electron chi connectivity index (χ1n) is 7.87. The quantitative estimate of drug-likeness (QED) is 0.549. The van der Waals surface area contributed by atoms with E-state index in [1.807, 2.05) is 30.3 Å². The van der Waals surface area contributed by atoms with Crippen molar-refractivity contribution >= 4 is 34.1 Å². The Balaban J connectivity index is 1.43. The molecule has 0 atom stereocenters. The fourth-order valence-corrected chi connectivity index (χ4v) is 3.34. The van der Waals surface area contributed by atoms with E-state index in [-0.39, 0.29) is 17.4 Å². The van der Waals surface area contributed by atoms with Crippen molar-refractivity contribution in [1.82, 2.24) is 15.3 Å². The molecular formula is C19H13N3O3S. The molecule has 4 aromatic rings. The first-order valence-corrected chi connectivity index (χ1v) is 8.69. The van der Waals surface area contributed by atoms with Gasteiger partial charge < -0.3 is 9.73 Å². The third-order valence-electron chi connectivity index (χ3n) is 3.73. The van der Waals surface area contributed by atoms with E-state index in [4.69, 9.17) is 4.42 Å². The Morgan fingerprint density at radius 2 is 1.88 bits per heavy atom. The van der Waals surface area contributed by atoms with Gasteiger partial charge in [-0.2, -0.15) is 0 Å². The van der Waals surface area contributed by atoms with Crippen LogP contribution in [0.1, 0.15) is 30.8 Å². The van der Waals surface area contributed by atoms with Crippen LogP contribution in [0.3, 0.4) is 0 Å². The van der Waals surface area contributed by atoms with Crippen molar-refractivity contribution in [3.05, 3.63) is 82.2 Å². The normalized spacial score (nSPS) is 10.8. The lowest BCUT2D eigenvalue weighted by Gasteiger charge is -2.04. The number of nitrogens with one attached hydrogen (secondary N) is 1. The highest BCUT2D eigenvalue weighted by atomic mass is 32.1. The molecule has 4 rings (SSSR count). The molecule has 0 saturated heterocycles. The molecule has 0 bridgehead atoms. The van der Waals surface area contributed by atoms with Crippen LogP contribution in [0.5, 0.6) is 0 Å². The van der Waals surface area contributed by atoms with Gasteiger partial charge in [0.05, 0.1) is 34.9 Å². The standard InChI is InChI=1S/C19H13N3O3S/c23-18(16-6-3-9-25-16)17-8-7-12(26-17)10-21-19(24)15-11-20-13-4-1-2-5-14(13)22-15/h1-9,11H,10H2,(H,21,24). The Kier molecular flexibility index (Phi) is 4.28. The zero-order chi connectivity index (χ0) is 17.9. The Hall–Kier alpha value is -3.32. The minimum atomic E-state index is -0.310. The molecule has 1 aromatic carbocycles. The number of rotatable bonds is 5. The number of aromatic nitrogens is 2. The van der Waals surface area contributed by atoms with Crippen LogP contribution in [-0.2, 0) is 6.54 Å². The highest BCUT2D eigenvalue weighted by Crippen LogP contribution is 2.20. The third-order valence-corrected chi connectivity index (χ3v) is 4.82. The number of carbonyl (C=O) groups excluding carboxylic acids is 2. The number of carbonyl (C=O) groups is 2. The van der Waals surface area contributed by atoms with Gasteiger partial charge in [-0.15, -0.1) is 11.3 Å². The summed E-state index contributed by atoms with van der Waals surface area (Å²) in [5.74, 6) is -0.178. The van der Waals surface area contributed by atoms with Crippen molar-refractivity contribution in [3.8, 4) is 0 Å². The molecule has 6 nitrogen and oxygen atoms in total. The molecule has 0 spiro atoms. The second kappa shape index (κ2) is 6.89. The first kappa shape index (κ1) is 16.2. The minimum Gasteiger partial charge on any atom is -0.461 e. The summed E-state index contributed by atoms with van der Waals surface area (Å²) in [6, 6.07) is 14.2. The van der Waals surface area contributed by atoms with Gasteiger partial charge in [0, 0.05) is 4.88 Å². The summed E-state index contributed by atoms with van der Waals surface area (Å²) in [5, 5.41) is 2.80. The van der Waals surface area contributed by atoms with E-state index in [1.165, 1.54) is 23.8 Å². The summed E-state index contributed by atoms with van der Waals surface area (Å²) >= 11 is 1.32. The number of thiophene rings is 1. The maximum absolute atomic E-state index is 12.3. The predicted octanol–water partition coefficient (Wildman–Crippen LogP) is 3.45. The average molecular weight is 363 g/mol. The van der Waals surface area contributed by atoms with E-state index in [2.05, 4.69) is 15.3 Å². The maximum Gasteiger partial charge on any atom is 0.271 e. The van der Waals surface area contributed by atoms with Crippen LogP contribution in [0.25, 0.3) is 11.0 Å². The van der Waals surface area contributed by atoms with Crippen LogP contribution < -0.4 is 5.32 Å². The number of hydrogen-bond acceptors (Lipinski definition) is 6. The largest absolute Gasteiger partial charge is 0.461 e. The molecule has 3 heterocycles. The van der Waals surface area contributed by atoms with Crippen molar-refractivity contribution in [1.29, 1.82) is 0 Å². The van der Waals surface area contributed by atoms with Crippen LogP contribution >= 0.6 is 11.3 Å². The molecule has 0 aliphatic rings. The Morgan fingerprint density at radius 1 is 1.04 bits per heavy atom. The molecule has 26 heavy (non-hydrogen) atoms. The van der Waals surface area contributed by atoms with Crippen LogP contribution in [0.15, 0.2) is 65.4 Å². The molecule has 0 unspecified atom stereocenters. The van der Waals surface area contributed by atoms with E-state index in [0.717, 1.165) is 10.4 Å². The second-order valence-electron chi connectivity index (χ2n) is 5.50. The lowest BCUT2D eigenvalue weighted by molar-refractivity contribution is 0.0945. The number of para-hydroxylation sites is 2. The van der Waals surface area contributed by atoms with Crippen molar-refractivity contribution in [3.63, 3.8) is 0 Å². The molecule has 1 N–H and O–H groups in total. The number of benzene rings is 1. The number of hydrogen-bond donors (Lipinski definition) is 1. The van der Waals surface area contributed by atoms with E-state index in [1.54, 1.807) is 18.2 Å². The Labute approximate surface area is 152 Å². The molecule has 0 aliphatic carbocycles. The molecule has 1 amide bonds.